The van der Waals surface area contributed by atoms with Crippen molar-refractivity contribution in [1.82, 2.24) is 10.6 Å². The average molecular weight is 310 g/mol. The third-order valence-electron chi connectivity index (χ3n) is 2.25. The van der Waals surface area contributed by atoms with E-state index < -0.39 is 33.8 Å². The van der Waals surface area contributed by atoms with Crippen LogP contribution in [-0.4, -0.2) is 61.2 Å². The van der Waals surface area contributed by atoms with Gasteiger partial charge in [-0.2, -0.15) is 0 Å². The summed E-state index contributed by atoms with van der Waals surface area (Å²) in [5, 5.41) is 21.6. The number of urea groups is 1. The van der Waals surface area contributed by atoms with Gasteiger partial charge in [0.2, 0.25) is 0 Å². The second-order valence-corrected chi connectivity index (χ2v) is 6.47. The number of sulfone groups is 1. The van der Waals surface area contributed by atoms with Crippen LogP contribution in [0.25, 0.3) is 0 Å². The Balaban J connectivity index is 4.14. The second-order valence-electron chi connectivity index (χ2n) is 4.21. The molecule has 0 rings (SSSR count). The Morgan fingerprint density at radius 3 is 2.25 bits per heavy atom. The van der Waals surface area contributed by atoms with Crippen LogP contribution in [0.5, 0.6) is 0 Å². The fourth-order valence-electron chi connectivity index (χ4n) is 1.27. The third-order valence-corrected chi connectivity index (χ3v) is 3.19. The molecule has 0 aliphatic rings. The molecule has 4 N–H and O–H groups in total. The first kappa shape index (κ1) is 18.2. The molecule has 0 aliphatic carbocycles. The minimum absolute atomic E-state index is 0.0267. The Kier molecular flexibility index (Phi) is 7.59. The van der Waals surface area contributed by atoms with E-state index in [1.807, 2.05) is 0 Å². The van der Waals surface area contributed by atoms with Crippen LogP contribution in [0.1, 0.15) is 19.3 Å². The molecule has 0 fully saturated rings. The number of amides is 2. The fourth-order valence-corrected chi connectivity index (χ4v) is 1.75. The maximum Gasteiger partial charge on any atom is 0.326 e. The van der Waals surface area contributed by atoms with Crippen molar-refractivity contribution in [2.75, 3.05) is 18.6 Å². The lowest BCUT2D eigenvalue weighted by molar-refractivity contribution is -0.140. The van der Waals surface area contributed by atoms with Crippen molar-refractivity contribution in [3.05, 3.63) is 0 Å². The van der Waals surface area contributed by atoms with Crippen molar-refractivity contribution in [3.8, 4) is 0 Å². The molecule has 0 radical (unpaired) electrons. The molecule has 0 aromatic carbocycles. The Labute approximate surface area is 116 Å². The van der Waals surface area contributed by atoms with E-state index in [1.54, 1.807) is 0 Å². The molecular weight excluding hydrogens is 292 g/mol. The summed E-state index contributed by atoms with van der Waals surface area (Å²) >= 11 is 0. The number of carboxylic acid groups (broad SMARTS) is 2. The van der Waals surface area contributed by atoms with E-state index in [-0.39, 0.29) is 31.6 Å². The van der Waals surface area contributed by atoms with Crippen molar-refractivity contribution < 1.29 is 33.0 Å². The van der Waals surface area contributed by atoms with Gasteiger partial charge in [0.05, 0.1) is 5.75 Å². The molecule has 0 saturated carbocycles. The van der Waals surface area contributed by atoms with E-state index in [9.17, 15) is 22.8 Å². The van der Waals surface area contributed by atoms with E-state index in [0.717, 1.165) is 6.26 Å². The number of aliphatic carboxylic acids is 2. The quantitative estimate of drug-likeness (QED) is 0.428. The molecule has 116 valence electrons. The molecule has 0 spiro atoms. The standard InChI is InChI=1S/C10H18N2O7S/c1-20(18,19)6-5-11-10(17)12-7(9(15)16)3-2-4-8(13)14/h7H,2-6H2,1H3,(H,13,14)(H,15,16)(H2,11,12,17)/t7-/m1/s1. The normalized spacial score (nSPS) is 12.4. The van der Waals surface area contributed by atoms with Gasteiger partial charge in [-0.05, 0) is 12.8 Å². The Morgan fingerprint density at radius 1 is 1.20 bits per heavy atom. The molecule has 1 atom stereocenters. The first-order chi connectivity index (χ1) is 9.11. The van der Waals surface area contributed by atoms with Gasteiger partial charge in [-0.15, -0.1) is 0 Å². The zero-order valence-corrected chi connectivity index (χ0v) is 11.8. The summed E-state index contributed by atoms with van der Waals surface area (Å²) in [5.74, 6) is -2.59. The zero-order chi connectivity index (χ0) is 15.8. The third kappa shape index (κ3) is 10.1. The lowest BCUT2D eigenvalue weighted by Crippen LogP contribution is -2.46. The summed E-state index contributed by atoms with van der Waals surface area (Å²) in [6, 6.07) is -2.02. The van der Waals surface area contributed by atoms with Crippen molar-refractivity contribution in [2.24, 2.45) is 0 Å². The van der Waals surface area contributed by atoms with Crippen LogP contribution in [0.2, 0.25) is 0 Å². The number of nitrogens with one attached hydrogen (secondary N) is 2. The highest BCUT2D eigenvalue weighted by Crippen LogP contribution is 2.01. The van der Waals surface area contributed by atoms with Crippen molar-refractivity contribution in [3.63, 3.8) is 0 Å². The summed E-state index contributed by atoms with van der Waals surface area (Å²) in [6.07, 6.45) is 0.900. The molecule has 0 bridgehead atoms. The lowest BCUT2D eigenvalue weighted by atomic mass is 10.1. The Bertz CT molecular complexity index is 460. The summed E-state index contributed by atoms with van der Waals surface area (Å²) in [5.41, 5.74) is 0. The van der Waals surface area contributed by atoms with Crippen LogP contribution in [0.4, 0.5) is 4.79 Å². The molecule has 20 heavy (non-hydrogen) atoms. The maximum atomic E-state index is 11.3. The van der Waals surface area contributed by atoms with Gasteiger partial charge in [0.15, 0.2) is 0 Å². The number of hydrogen-bond acceptors (Lipinski definition) is 5. The van der Waals surface area contributed by atoms with E-state index in [1.165, 1.54) is 0 Å². The van der Waals surface area contributed by atoms with E-state index >= 15 is 0 Å². The van der Waals surface area contributed by atoms with Gasteiger partial charge >= 0.3 is 18.0 Å². The number of hydrogen-bond donors (Lipinski definition) is 4. The Morgan fingerprint density at radius 2 is 1.80 bits per heavy atom. The lowest BCUT2D eigenvalue weighted by Gasteiger charge is -2.14. The van der Waals surface area contributed by atoms with Gasteiger partial charge in [-0.25, -0.2) is 18.0 Å². The SMILES string of the molecule is CS(=O)(=O)CCNC(=O)N[C@H](CCCC(=O)O)C(=O)O. The molecule has 0 saturated heterocycles. The number of rotatable bonds is 9. The highest BCUT2D eigenvalue weighted by atomic mass is 32.2. The monoisotopic (exact) mass is 310 g/mol. The molecule has 2 amide bonds. The minimum Gasteiger partial charge on any atom is -0.481 e. The van der Waals surface area contributed by atoms with Crippen molar-refractivity contribution in [1.29, 1.82) is 0 Å². The van der Waals surface area contributed by atoms with Gasteiger partial charge in [-0.3, -0.25) is 4.79 Å². The molecule has 0 aliphatic heterocycles. The molecule has 0 aromatic rings. The molecule has 0 heterocycles. The highest BCUT2D eigenvalue weighted by Gasteiger charge is 2.19. The topological polar surface area (TPSA) is 150 Å². The molecule has 0 unspecified atom stereocenters. The smallest absolute Gasteiger partial charge is 0.326 e. The molecule has 9 nitrogen and oxygen atoms in total. The van der Waals surface area contributed by atoms with Gasteiger partial charge in [0, 0.05) is 19.2 Å². The van der Waals surface area contributed by atoms with Crippen molar-refractivity contribution >= 4 is 27.8 Å². The minimum atomic E-state index is -3.21. The van der Waals surface area contributed by atoms with E-state index in [0.29, 0.717) is 0 Å². The number of carboxylic acids is 2. The second kappa shape index (κ2) is 8.35. The summed E-state index contributed by atoms with van der Waals surface area (Å²) in [7, 11) is -3.21. The maximum absolute atomic E-state index is 11.3. The average Bonchev–Trinajstić information content (AvgIpc) is 2.25. The first-order valence-corrected chi connectivity index (χ1v) is 7.84. The fraction of sp³-hybridized carbons (Fsp3) is 0.700. The van der Waals surface area contributed by atoms with Crippen LogP contribution in [-0.2, 0) is 19.4 Å². The molecule has 10 heteroatoms. The van der Waals surface area contributed by atoms with Crippen LogP contribution >= 0.6 is 0 Å². The van der Waals surface area contributed by atoms with Gasteiger partial charge < -0.3 is 20.8 Å². The van der Waals surface area contributed by atoms with E-state index in [4.69, 9.17) is 10.2 Å². The van der Waals surface area contributed by atoms with Crippen LogP contribution in [0.15, 0.2) is 0 Å². The number of carbonyl (C=O) groups is 3. The van der Waals surface area contributed by atoms with Crippen LogP contribution < -0.4 is 10.6 Å². The predicted molar refractivity (Wildman–Crippen MR) is 69.2 cm³/mol. The predicted octanol–water partition coefficient (Wildman–Crippen LogP) is -0.962. The van der Waals surface area contributed by atoms with E-state index in [2.05, 4.69) is 10.6 Å². The summed E-state index contributed by atoms with van der Waals surface area (Å²) in [6.45, 7) is -0.133. The highest BCUT2D eigenvalue weighted by molar-refractivity contribution is 7.90. The van der Waals surface area contributed by atoms with Gasteiger partial charge in [0.25, 0.3) is 0 Å². The first-order valence-electron chi connectivity index (χ1n) is 5.78. The van der Waals surface area contributed by atoms with Gasteiger partial charge in [-0.1, -0.05) is 0 Å². The molecular formula is C10H18N2O7S. The Hall–Kier alpha value is -1.84. The molecule has 0 aromatic heterocycles. The summed E-state index contributed by atoms with van der Waals surface area (Å²) in [4.78, 5) is 32.5. The van der Waals surface area contributed by atoms with Crippen molar-refractivity contribution in [2.45, 2.75) is 25.3 Å². The number of carbonyl (C=O) groups excluding carboxylic acids is 1. The van der Waals surface area contributed by atoms with Gasteiger partial charge in [0.1, 0.15) is 15.9 Å². The van der Waals surface area contributed by atoms with Crippen LogP contribution in [0, 0.1) is 0 Å². The van der Waals surface area contributed by atoms with Crippen LogP contribution in [0.3, 0.4) is 0 Å². The largest absolute Gasteiger partial charge is 0.481 e. The summed E-state index contributed by atoms with van der Waals surface area (Å²) < 4.78 is 21.7. The zero-order valence-electron chi connectivity index (χ0n) is 11.0.